The fourth-order valence-corrected chi connectivity index (χ4v) is 4.72. The summed E-state index contributed by atoms with van der Waals surface area (Å²) in [7, 11) is 1.05. The lowest BCUT2D eigenvalue weighted by Gasteiger charge is -2.30. The summed E-state index contributed by atoms with van der Waals surface area (Å²) >= 11 is 5.98. The lowest BCUT2D eigenvalue weighted by atomic mass is 9.95. The third-order valence-corrected chi connectivity index (χ3v) is 6.51. The molecule has 0 radical (unpaired) electrons. The molecule has 8 heteroatoms. The number of rotatable bonds is 7. The summed E-state index contributed by atoms with van der Waals surface area (Å²) in [5.41, 5.74) is 0. The van der Waals surface area contributed by atoms with Crippen molar-refractivity contribution in [3.05, 3.63) is 29.3 Å². The first kappa shape index (κ1) is 24.5. The standard InChI is InChI=1S/C19H30ClN3O2S.HI/c1-4-26(24)18-10-6-8-16(12-18)23-19(21-3)22-13-14(2)25-17-9-5-7-15(20)11-17;/h5,7,9,11,14,16,18H,4,6,8,10,12-13H2,1-3H3,(H2,21,22,23);1H. The Morgan fingerprint density at radius 3 is 2.89 bits per heavy atom. The molecular formula is C19H31ClIN3O2S. The number of nitrogens with one attached hydrogen (secondary N) is 2. The van der Waals surface area contributed by atoms with E-state index in [0.717, 1.165) is 43.1 Å². The van der Waals surface area contributed by atoms with Crippen molar-refractivity contribution in [2.45, 2.75) is 56.9 Å². The quantitative estimate of drug-likeness (QED) is 0.320. The molecule has 5 nitrogen and oxygen atoms in total. The zero-order valence-corrected chi connectivity index (χ0v) is 20.1. The number of ether oxygens (including phenoxy) is 1. The molecule has 0 heterocycles. The molecule has 1 aliphatic rings. The molecule has 2 rings (SSSR count). The second-order valence-electron chi connectivity index (χ2n) is 6.64. The van der Waals surface area contributed by atoms with Crippen molar-refractivity contribution in [1.82, 2.24) is 10.6 Å². The number of halogens is 2. The Kier molecular flexibility index (Phi) is 11.6. The monoisotopic (exact) mass is 527 g/mol. The minimum atomic E-state index is -0.718. The molecule has 0 aliphatic heterocycles. The van der Waals surface area contributed by atoms with E-state index in [1.807, 2.05) is 32.0 Å². The zero-order chi connectivity index (χ0) is 18.9. The molecule has 1 saturated carbocycles. The number of nitrogens with zero attached hydrogens (tertiary/aromatic N) is 1. The minimum absolute atomic E-state index is 0. The molecule has 154 valence electrons. The van der Waals surface area contributed by atoms with Gasteiger partial charge in [-0.05, 0) is 44.4 Å². The van der Waals surface area contributed by atoms with Gasteiger partial charge in [0.05, 0.1) is 6.54 Å². The number of aliphatic imine (C=N–C) groups is 1. The van der Waals surface area contributed by atoms with E-state index in [0.29, 0.717) is 22.9 Å². The highest BCUT2D eigenvalue weighted by molar-refractivity contribution is 14.0. The van der Waals surface area contributed by atoms with Gasteiger partial charge >= 0.3 is 0 Å². The van der Waals surface area contributed by atoms with Gasteiger partial charge in [0.25, 0.3) is 0 Å². The van der Waals surface area contributed by atoms with Gasteiger partial charge in [-0.25, -0.2) is 0 Å². The Morgan fingerprint density at radius 2 is 2.22 bits per heavy atom. The van der Waals surface area contributed by atoms with E-state index in [-0.39, 0.29) is 30.1 Å². The predicted molar refractivity (Wildman–Crippen MR) is 126 cm³/mol. The van der Waals surface area contributed by atoms with Crippen LogP contribution >= 0.6 is 35.6 Å². The van der Waals surface area contributed by atoms with Crippen LogP contribution in [0.5, 0.6) is 5.75 Å². The second kappa shape index (κ2) is 12.8. The number of hydrogen-bond acceptors (Lipinski definition) is 3. The minimum Gasteiger partial charge on any atom is -0.489 e. The van der Waals surface area contributed by atoms with E-state index in [4.69, 9.17) is 16.3 Å². The van der Waals surface area contributed by atoms with Gasteiger partial charge in [-0.1, -0.05) is 31.0 Å². The molecule has 0 spiro atoms. The summed E-state index contributed by atoms with van der Waals surface area (Å²) in [5.74, 6) is 2.26. The van der Waals surface area contributed by atoms with Crippen LogP contribution in [-0.4, -0.2) is 46.9 Å². The van der Waals surface area contributed by atoms with Gasteiger partial charge in [-0.15, -0.1) is 24.0 Å². The first-order chi connectivity index (χ1) is 12.5. The van der Waals surface area contributed by atoms with Crippen molar-refractivity contribution in [2.24, 2.45) is 4.99 Å². The lowest BCUT2D eigenvalue weighted by Crippen LogP contribution is -2.48. The first-order valence-corrected chi connectivity index (χ1v) is 11.0. The molecule has 0 saturated heterocycles. The van der Waals surface area contributed by atoms with E-state index >= 15 is 0 Å². The van der Waals surface area contributed by atoms with Crippen molar-refractivity contribution in [2.75, 3.05) is 19.3 Å². The van der Waals surface area contributed by atoms with Crippen LogP contribution in [0.15, 0.2) is 29.3 Å². The molecule has 1 aromatic rings. The third-order valence-electron chi connectivity index (χ3n) is 4.54. The van der Waals surface area contributed by atoms with Crippen molar-refractivity contribution < 1.29 is 8.95 Å². The van der Waals surface area contributed by atoms with Crippen LogP contribution in [0.25, 0.3) is 0 Å². The normalized spacial score (nSPS) is 22.3. The summed E-state index contributed by atoms with van der Waals surface area (Å²) in [6.07, 6.45) is 4.18. The number of guanidine groups is 1. The molecule has 1 fully saturated rings. The highest BCUT2D eigenvalue weighted by atomic mass is 127. The SMILES string of the molecule is CCS(=O)C1CCCC(NC(=NC)NCC(C)Oc2cccc(Cl)c2)C1.I. The van der Waals surface area contributed by atoms with Crippen LogP contribution in [0.2, 0.25) is 5.02 Å². The fourth-order valence-electron chi connectivity index (χ4n) is 3.19. The summed E-state index contributed by atoms with van der Waals surface area (Å²) < 4.78 is 18.0. The molecule has 2 N–H and O–H groups in total. The summed E-state index contributed by atoms with van der Waals surface area (Å²) in [6, 6.07) is 7.72. The van der Waals surface area contributed by atoms with E-state index in [1.165, 1.54) is 0 Å². The van der Waals surface area contributed by atoms with Crippen LogP contribution in [0.3, 0.4) is 0 Å². The third kappa shape index (κ3) is 8.56. The summed E-state index contributed by atoms with van der Waals surface area (Å²) in [5, 5.41) is 7.75. The maximum atomic E-state index is 12.1. The Balaban J connectivity index is 0.00000364. The Hall–Kier alpha value is -0.540. The number of benzene rings is 1. The molecule has 0 amide bonds. The molecule has 0 aromatic heterocycles. The van der Waals surface area contributed by atoms with Gasteiger partial charge in [0.2, 0.25) is 0 Å². The highest BCUT2D eigenvalue weighted by Crippen LogP contribution is 2.23. The van der Waals surface area contributed by atoms with Crippen molar-refractivity contribution >= 4 is 52.3 Å². The summed E-state index contributed by atoms with van der Waals surface area (Å²) in [4.78, 5) is 4.31. The molecule has 1 aliphatic carbocycles. The topological polar surface area (TPSA) is 62.7 Å². The van der Waals surface area contributed by atoms with Crippen molar-refractivity contribution in [1.29, 1.82) is 0 Å². The largest absolute Gasteiger partial charge is 0.489 e. The summed E-state index contributed by atoms with van der Waals surface area (Å²) in [6.45, 7) is 4.63. The van der Waals surface area contributed by atoms with E-state index in [2.05, 4.69) is 15.6 Å². The average Bonchev–Trinajstić information content (AvgIpc) is 2.64. The fraction of sp³-hybridized carbons (Fsp3) is 0.632. The van der Waals surface area contributed by atoms with Gasteiger partial charge in [-0.3, -0.25) is 9.20 Å². The Morgan fingerprint density at radius 1 is 1.44 bits per heavy atom. The molecule has 27 heavy (non-hydrogen) atoms. The predicted octanol–water partition coefficient (Wildman–Crippen LogP) is 3.97. The maximum Gasteiger partial charge on any atom is 0.191 e. The van der Waals surface area contributed by atoms with Gasteiger partial charge in [0, 0.05) is 39.9 Å². The molecule has 4 atom stereocenters. The number of hydrogen-bond donors (Lipinski definition) is 2. The highest BCUT2D eigenvalue weighted by Gasteiger charge is 2.26. The van der Waals surface area contributed by atoms with Crippen LogP contribution in [0.4, 0.5) is 0 Å². The zero-order valence-electron chi connectivity index (χ0n) is 16.2. The van der Waals surface area contributed by atoms with Crippen LogP contribution in [-0.2, 0) is 10.8 Å². The van der Waals surface area contributed by atoms with Crippen LogP contribution in [0, 0.1) is 0 Å². The molecule has 4 unspecified atom stereocenters. The van der Waals surface area contributed by atoms with E-state index in [9.17, 15) is 4.21 Å². The lowest BCUT2D eigenvalue weighted by molar-refractivity contribution is 0.223. The Labute approximate surface area is 187 Å². The van der Waals surface area contributed by atoms with E-state index in [1.54, 1.807) is 13.1 Å². The maximum absolute atomic E-state index is 12.1. The average molecular weight is 528 g/mol. The van der Waals surface area contributed by atoms with E-state index < -0.39 is 10.8 Å². The first-order valence-electron chi connectivity index (χ1n) is 9.28. The van der Waals surface area contributed by atoms with Crippen molar-refractivity contribution in [3.63, 3.8) is 0 Å². The van der Waals surface area contributed by atoms with Crippen LogP contribution < -0.4 is 15.4 Å². The van der Waals surface area contributed by atoms with Gasteiger partial charge < -0.3 is 15.4 Å². The smallest absolute Gasteiger partial charge is 0.191 e. The van der Waals surface area contributed by atoms with Gasteiger partial charge in [0.1, 0.15) is 11.9 Å². The van der Waals surface area contributed by atoms with Gasteiger partial charge in [0.15, 0.2) is 5.96 Å². The second-order valence-corrected chi connectivity index (χ2v) is 9.08. The molecule has 0 bridgehead atoms. The Bertz CT molecular complexity index is 633. The van der Waals surface area contributed by atoms with Gasteiger partial charge in [-0.2, -0.15) is 0 Å². The molecule has 1 aromatic carbocycles. The van der Waals surface area contributed by atoms with Crippen molar-refractivity contribution in [3.8, 4) is 5.75 Å². The van der Waals surface area contributed by atoms with Crippen LogP contribution in [0.1, 0.15) is 39.5 Å². The molecular weight excluding hydrogens is 497 g/mol.